The van der Waals surface area contributed by atoms with Crippen molar-refractivity contribution >= 4 is 12.3 Å². The van der Waals surface area contributed by atoms with E-state index in [4.69, 9.17) is 0 Å². The van der Waals surface area contributed by atoms with Crippen molar-refractivity contribution in [1.29, 1.82) is 0 Å². The zero-order valence-corrected chi connectivity index (χ0v) is 8.53. The Bertz CT molecular complexity index is 405. The van der Waals surface area contributed by atoms with Gasteiger partial charge in [0.15, 0.2) is 0 Å². The first-order chi connectivity index (χ1) is 7.26. The zero-order chi connectivity index (χ0) is 10.8. The van der Waals surface area contributed by atoms with Crippen LogP contribution >= 0.6 is 0 Å². The van der Waals surface area contributed by atoms with Crippen LogP contribution in [-0.2, 0) is 4.74 Å². The fraction of sp³-hybridized carbons (Fsp3) is 0.333. The lowest BCUT2D eigenvalue weighted by atomic mass is 10.0. The summed E-state index contributed by atoms with van der Waals surface area (Å²) in [5.41, 5.74) is 2.18. The lowest BCUT2D eigenvalue weighted by molar-refractivity contribution is 0.0600. The molecule has 1 aliphatic carbocycles. The summed E-state index contributed by atoms with van der Waals surface area (Å²) in [5.74, 6) is 0.101. The molecule has 0 saturated heterocycles. The third-order valence-electron chi connectivity index (χ3n) is 2.65. The summed E-state index contributed by atoms with van der Waals surface area (Å²) in [7, 11) is 1.35. The highest BCUT2D eigenvalue weighted by Gasteiger charge is 2.26. The van der Waals surface area contributed by atoms with Crippen LogP contribution in [0.5, 0.6) is 0 Å². The highest BCUT2D eigenvalue weighted by molar-refractivity contribution is 5.91. The second kappa shape index (κ2) is 3.85. The van der Waals surface area contributed by atoms with Crippen LogP contribution in [0.1, 0.15) is 45.0 Å². The SMILES string of the molecule is COC(=O)c1ccc(C=O)c(C2CC2)c1. The van der Waals surface area contributed by atoms with Gasteiger partial charge in [0.05, 0.1) is 12.7 Å². The number of ether oxygens (including phenoxy) is 1. The average Bonchev–Trinajstić information content (AvgIpc) is 3.11. The van der Waals surface area contributed by atoms with Crippen molar-refractivity contribution in [3.63, 3.8) is 0 Å². The molecule has 2 rings (SSSR count). The number of carbonyl (C=O) groups excluding carboxylic acids is 2. The molecule has 15 heavy (non-hydrogen) atoms. The molecule has 0 amide bonds. The molecule has 0 atom stereocenters. The predicted molar refractivity (Wildman–Crippen MR) is 55.1 cm³/mol. The molecule has 0 aliphatic heterocycles. The summed E-state index contributed by atoms with van der Waals surface area (Å²) in [6.45, 7) is 0. The Morgan fingerprint density at radius 2 is 2.20 bits per heavy atom. The van der Waals surface area contributed by atoms with Gasteiger partial charge in [-0.25, -0.2) is 4.79 Å². The molecular weight excluding hydrogens is 192 g/mol. The van der Waals surface area contributed by atoms with Crippen LogP contribution in [0.4, 0.5) is 0 Å². The molecule has 0 bridgehead atoms. The van der Waals surface area contributed by atoms with Crippen LogP contribution < -0.4 is 0 Å². The molecule has 1 aromatic rings. The highest BCUT2D eigenvalue weighted by Crippen LogP contribution is 2.41. The van der Waals surface area contributed by atoms with Gasteiger partial charge in [-0.1, -0.05) is 6.07 Å². The summed E-state index contributed by atoms with van der Waals surface area (Å²) in [6, 6.07) is 5.08. The van der Waals surface area contributed by atoms with Gasteiger partial charge in [0.25, 0.3) is 0 Å². The molecule has 1 aliphatic rings. The third-order valence-corrected chi connectivity index (χ3v) is 2.65. The Kier molecular flexibility index (Phi) is 2.54. The van der Waals surface area contributed by atoms with Crippen molar-refractivity contribution in [1.82, 2.24) is 0 Å². The number of hydrogen-bond donors (Lipinski definition) is 0. The zero-order valence-electron chi connectivity index (χ0n) is 8.53. The predicted octanol–water partition coefficient (Wildman–Crippen LogP) is 2.16. The van der Waals surface area contributed by atoms with E-state index in [9.17, 15) is 9.59 Å². The van der Waals surface area contributed by atoms with E-state index in [1.807, 2.05) is 0 Å². The Morgan fingerprint density at radius 3 is 2.73 bits per heavy atom. The Balaban J connectivity index is 2.40. The number of rotatable bonds is 3. The summed E-state index contributed by atoms with van der Waals surface area (Å²) >= 11 is 0. The molecule has 3 heteroatoms. The first kappa shape index (κ1) is 9.90. The van der Waals surface area contributed by atoms with E-state index in [2.05, 4.69) is 4.74 Å². The minimum Gasteiger partial charge on any atom is -0.465 e. The quantitative estimate of drug-likeness (QED) is 0.559. The van der Waals surface area contributed by atoms with E-state index in [1.54, 1.807) is 18.2 Å². The second-order valence-electron chi connectivity index (χ2n) is 3.73. The molecular formula is C12H12O3. The molecule has 78 valence electrons. The van der Waals surface area contributed by atoms with Gasteiger partial charge in [-0.05, 0) is 36.5 Å². The van der Waals surface area contributed by atoms with Crippen molar-refractivity contribution in [2.45, 2.75) is 18.8 Å². The number of esters is 1. The van der Waals surface area contributed by atoms with Crippen LogP contribution in [0.15, 0.2) is 18.2 Å². The molecule has 1 aromatic carbocycles. The maximum absolute atomic E-state index is 11.3. The smallest absolute Gasteiger partial charge is 0.337 e. The summed E-state index contributed by atoms with van der Waals surface area (Å²) in [4.78, 5) is 22.1. The van der Waals surface area contributed by atoms with Crippen LogP contribution in [0.25, 0.3) is 0 Å². The van der Waals surface area contributed by atoms with Crippen molar-refractivity contribution in [2.24, 2.45) is 0 Å². The molecule has 1 fully saturated rings. The van der Waals surface area contributed by atoms with Crippen molar-refractivity contribution in [3.8, 4) is 0 Å². The fourth-order valence-electron chi connectivity index (χ4n) is 1.67. The lowest BCUT2D eigenvalue weighted by Crippen LogP contribution is -2.03. The monoisotopic (exact) mass is 204 g/mol. The molecule has 3 nitrogen and oxygen atoms in total. The van der Waals surface area contributed by atoms with Crippen molar-refractivity contribution in [2.75, 3.05) is 7.11 Å². The van der Waals surface area contributed by atoms with Gasteiger partial charge in [0.2, 0.25) is 0 Å². The molecule has 0 unspecified atom stereocenters. The fourth-order valence-corrected chi connectivity index (χ4v) is 1.67. The van der Waals surface area contributed by atoms with Gasteiger partial charge in [-0.2, -0.15) is 0 Å². The largest absolute Gasteiger partial charge is 0.465 e. The lowest BCUT2D eigenvalue weighted by Gasteiger charge is -2.05. The minimum absolute atomic E-state index is 0.352. The molecule has 0 radical (unpaired) electrons. The average molecular weight is 204 g/mol. The molecule has 0 aromatic heterocycles. The summed E-state index contributed by atoms with van der Waals surface area (Å²) in [6.07, 6.45) is 3.05. The first-order valence-electron chi connectivity index (χ1n) is 4.93. The van der Waals surface area contributed by atoms with Gasteiger partial charge in [0, 0.05) is 5.56 Å². The minimum atomic E-state index is -0.352. The van der Waals surface area contributed by atoms with Crippen LogP contribution in [0.3, 0.4) is 0 Å². The molecule has 0 heterocycles. The third kappa shape index (κ3) is 1.91. The molecule has 0 N–H and O–H groups in total. The summed E-state index contributed by atoms with van der Waals surface area (Å²) in [5, 5.41) is 0. The van der Waals surface area contributed by atoms with Gasteiger partial charge < -0.3 is 4.74 Å². The van der Waals surface area contributed by atoms with Gasteiger partial charge in [0.1, 0.15) is 6.29 Å². The molecule has 1 saturated carbocycles. The van der Waals surface area contributed by atoms with Crippen LogP contribution in [0.2, 0.25) is 0 Å². The maximum Gasteiger partial charge on any atom is 0.337 e. The van der Waals surface area contributed by atoms with Crippen molar-refractivity contribution in [3.05, 3.63) is 34.9 Å². The van der Waals surface area contributed by atoms with Crippen molar-refractivity contribution < 1.29 is 14.3 Å². The van der Waals surface area contributed by atoms with E-state index in [0.717, 1.165) is 24.7 Å². The summed E-state index contributed by atoms with van der Waals surface area (Å²) < 4.78 is 4.64. The van der Waals surface area contributed by atoms with E-state index in [0.29, 0.717) is 17.0 Å². The number of methoxy groups -OCH3 is 1. The van der Waals surface area contributed by atoms with Crippen LogP contribution in [-0.4, -0.2) is 19.4 Å². The first-order valence-corrected chi connectivity index (χ1v) is 4.93. The van der Waals surface area contributed by atoms with Crippen LogP contribution in [0, 0.1) is 0 Å². The number of carbonyl (C=O) groups is 2. The van der Waals surface area contributed by atoms with E-state index >= 15 is 0 Å². The Hall–Kier alpha value is -1.64. The van der Waals surface area contributed by atoms with Gasteiger partial charge >= 0.3 is 5.97 Å². The normalized spacial score (nSPS) is 14.7. The van der Waals surface area contributed by atoms with E-state index in [-0.39, 0.29) is 5.97 Å². The number of benzene rings is 1. The van der Waals surface area contributed by atoms with Gasteiger partial charge in [-0.3, -0.25) is 4.79 Å². The number of hydrogen-bond acceptors (Lipinski definition) is 3. The van der Waals surface area contributed by atoms with E-state index in [1.165, 1.54) is 7.11 Å². The number of aldehydes is 1. The Labute approximate surface area is 88.1 Å². The standard InChI is InChI=1S/C12H12O3/c1-15-12(14)9-4-5-10(7-13)11(6-9)8-2-3-8/h4-8H,2-3H2,1H3. The Morgan fingerprint density at radius 1 is 1.47 bits per heavy atom. The highest BCUT2D eigenvalue weighted by atomic mass is 16.5. The van der Waals surface area contributed by atoms with E-state index < -0.39 is 0 Å². The molecule has 0 spiro atoms. The van der Waals surface area contributed by atoms with Gasteiger partial charge in [-0.15, -0.1) is 0 Å². The topological polar surface area (TPSA) is 43.4 Å². The maximum atomic E-state index is 11.3. The second-order valence-corrected chi connectivity index (χ2v) is 3.73.